The van der Waals surface area contributed by atoms with Crippen molar-refractivity contribution in [3.05, 3.63) is 22.5 Å². The average Bonchev–Trinajstić information content (AvgIpc) is 3.49. The molecule has 1 aliphatic heterocycles. The van der Waals surface area contributed by atoms with Gasteiger partial charge in [-0.05, 0) is 25.7 Å². The van der Waals surface area contributed by atoms with Crippen LogP contribution in [-0.2, 0) is 32.9 Å². The SMILES string of the molecule is CC[C@H](C)C(NP(=O)(NC(C(=O)OC)[C@@H](C)CC)OC[C@H]1O[C@@H](n2cnc3c(=O)[nH]c(C)nc32)C(C)(O)[C@H]1O)C(=O)OC. The molecule has 3 heterocycles. The Morgan fingerprint density at radius 2 is 1.70 bits per heavy atom. The summed E-state index contributed by atoms with van der Waals surface area (Å²) in [6.07, 6.45) is -1.79. The van der Waals surface area contributed by atoms with E-state index in [4.69, 9.17) is 18.7 Å². The molecule has 0 spiro atoms. The lowest BCUT2D eigenvalue weighted by Gasteiger charge is -2.32. The Hall–Kier alpha value is -2.72. The van der Waals surface area contributed by atoms with Crippen molar-refractivity contribution in [1.29, 1.82) is 0 Å². The van der Waals surface area contributed by atoms with Crippen molar-refractivity contribution in [2.24, 2.45) is 11.8 Å². The number of nitrogens with one attached hydrogen (secondary N) is 3. The Balaban J connectivity index is 1.95. The van der Waals surface area contributed by atoms with E-state index in [1.165, 1.54) is 32.0 Å². The maximum Gasteiger partial charge on any atom is 0.342 e. The fraction of sp³-hybridized carbons (Fsp3) is 0.731. The highest BCUT2D eigenvalue weighted by atomic mass is 31.2. The largest absolute Gasteiger partial charge is 0.468 e. The van der Waals surface area contributed by atoms with Crippen LogP contribution in [0.1, 0.15) is 59.5 Å². The molecule has 0 amide bonds. The average molecular weight is 631 g/mol. The molecule has 8 atom stereocenters. The number of methoxy groups -OCH3 is 2. The van der Waals surface area contributed by atoms with Crippen molar-refractivity contribution in [1.82, 2.24) is 29.7 Å². The molecule has 1 saturated heterocycles. The van der Waals surface area contributed by atoms with Crippen molar-refractivity contribution in [2.75, 3.05) is 20.8 Å². The summed E-state index contributed by atoms with van der Waals surface area (Å²) in [5, 5.41) is 27.8. The van der Waals surface area contributed by atoms with E-state index in [2.05, 4.69) is 25.1 Å². The van der Waals surface area contributed by atoms with Gasteiger partial charge in [0.25, 0.3) is 5.56 Å². The number of H-pyrrole nitrogens is 1. The summed E-state index contributed by atoms with van der Waals surface area (Å²) in [6, 6.07) is -2.17. The number of aliphatic hydroxyl groups excluding tert-OH is 1. The van der Waals surface area contributed by atoms with Crippen LogP contribution >= 0.6 is 7.67 Å². The molecule has 0 saturated carbocycles. The molecule has 0 aromatic carbocycles. The number of imidazole rings is 1. The zero-order chi connectivity index (χ0) is 32.3. The molecule has 1 fully saturated rings. The van der Waals surface area contributed by atoms with Crippen molar-refractivity contribution in [3.8, 4) is 0 Å². The summed E-state index contributed by atoms with van der Waals surface area (Å²) in [7, 11) is -1.91. The van der Waals surface area contributed by atoms with Gasteiger partial charge in [0, 0.05) is 0 Å². The van der Waals surface area contributed by atoms with Gasteiger partial charge in [0.15, 0.2) is 17.4 Å². The first-order valence-corrected chi connectivity index (χ1v) is 15.7. The summed E-state index contributed by atoms with van der Waals surface area (Å²) >= 11 is 0. The van der Waals surface area contributed by atoms with E-state index in [0.29, 0.717) is 18.7 Å². The molecule has 17 heteroatoms. The van der Waals surface area contributed by atoms with E-state index in [9.17, 15) is 29.2 Å². The molecule has 1 aliphatic rings. The second-order valence-electron chi connectivity index (χ2n) is 11.1. The number of carbonyl (C=O) groups is 2. The second kappa shape index (κ2) is 13.9. The minimum atomic E-state index is -4.30. The summed E-state index contributed by atoms with van der Waals surface area (Å²) in [4.78, 5) is 48.6. The van der Waals surface area contributed by atoms with Crippen LogP contribution in [0, 0.1) is 18.8 Å². The molecule has 16 nitrogen and oxygen atoms in total. The Bertz CT molecular complexity index is 1360. The molecule has 242 valence electrons. The summed E-state index contributed by atoms with van der Waals surface area (Å²) < 4.78 is 37.4. The number of esters is 2. The van der Waals surface area contributed by atoms with Gasteiger partial charge in [-0.25, -0.2) is 20.1 Å². The van der Waals surface area contributed by atoms with Crippen LogP contribution in [0.2, 0.25) is 0 Å². The third-order valence-electron chi connectivity index (χ3n) is 7.93. The van der Waals surface area contributed by atoms with Crippen LogP contribution in [0.25, 0.3) is 11.2 Å². The van der Waals surface area contributed by atoms with E-state index in [1.807, 2.05) is 13.8 Å². The number of carbonyl (C=O) groups excluding carboxylic acids is 2. The number of aromatic amines is 1. The topological polar surface area (TPSA) is 216 Å². The predicted molar refractivity (Wildman–Crippen MR) is 154 cm³/mol. The number of ether oxygens (including phenoxy) is 3. The molecule has 3 unspecified atom stereocenters. The van der Waals surface area contributed by atoms with E-state index < -0.39 is 67.9 Å². The summed E-state index contributed by atoms with van der Waals surface area (Å²) in [6.45, 7) is 9.56. The number of aliphatic hydroxyl groups is 2. The molecule has 2 aromatic rings. The third-order valence-corrected chi connectivity index (χ3v) is 9.68. The molecular weight excluding hydrogens is 587 g/mol. The van der Waals surface area contributed by atoms with Gasteiger partial charge in [-0.2, -0.15) is 0 Å². The van der Waals surface area contributed by atoms with E-state index in [0.717, 1.165) is 0 Å². The van der Waals surface area contributed by atoms with E-state index in [-0.39, 0.29) is 23.0 Å². The number of hydrogen-bond acceptors (Lipinski definition) is 12. The van der Waals surface area contributed by atoms with Gasteiger partial charge < -0.3 is 33.9 Å². The lowest BCUT2D eigenvalue weighted by atomic mass is 9.96. The van der Waals surface area contributed by atoms with Crippen molar-refractivity contribution in [2.45, 2.75) is 90.5 Å². The number of hydrogen-bond donors (Lipinski definition) is 5. The quantitative estimate of drug-likeness (QED) is 0.145. The van der Waals surface area contributed by atoms with Gasteiger partial charge in [0.1, 0.15) is 35.7 Å². The molecule has 0 aliphatic carbocycles. The summed E-state index contributed by atoms with van der Waals surface area (Å²) in [5.74, 6) is -1.78. The maximum atomic E-state index is 14.4. The van der Waals surface area contributed by atoms with Gasteiger partial charge in [0.05, 0.1) is 27.2 Å². The minimum absolute atomic E-state index is 0.00915. The Labute approximate surface area is 249 Å². The number of aryl methyl sites for hydroxylation is 1. The number of fused-ring (bicyclic) bond motifs is 1. The highest BCUT2D eigenvalue weighted by Gasteiger charge is 2.54. The van der Waals surface area contributed by atoms with Gasteiger partial charge in [-0.3, -0.25) is 23.5 Å². The van der Waals surface area contributed by atoms with Crippen LogP contribution in [0.3, 0.4) is 0 Å². The zero-order valence-electron chi connectivity index (χ0n) is 25.7. The first kappa shape index (κ1) is 34.8. The highest BCUT2D eigenvalue weighted by molar-refractivity contribution is 7.54. The summed E-state index contributed by atoms with van der Waals surface area (Å²) in [5.41, 5.74) is -2.28. The maximum absolute atomic E-state index is 14.4. The molecule has 0 radical (unpaired) electrons. The van der Waals surface area contributed by atoms with Crippen LogP contribution in [0.5, 0.6) is 0 Å². The predicted octanol–water partition coefficient (Wildman–Crippen LogP) is 0.917. The van der Waals surface area contributed by atoms with Crippen molar-refractivity contribution >= 4 is 30.8 Å². The van der Waals surface area contributed by atoms with Crippen LogP contribution in [0.4, 0.5) is 0 Å². The fourth-order valence-electron chi connectivity index (χ4n) is 4.79. The molecule has 3 rings (SSSR count). The van der Waals surface area contributed by atoms with Crippen LogP contribution < -0.4 is 15.7 Å². The Kier molecular flexibility index (Phi) is 11.3. The standard InChI is InChI=1S/C26H43N6O10P/c1-9-13(3)17(23(35)39-7)30-43(38,31-18(14(4)10-2)24(36)40-8)41-11-16-20(33)26(6,37)25(42-16)32-12-27-19-21(32)28-15(5)29-22(19)34/h12-14,16-18,20,25,33,37H,9-11H2,1-8H3,(H,28,29,34)(H2,30,31,38)/t13-,14-,16+,17?,18?,20-,25+,26?,43?/m0/s1. The normalized spacial score (nSPS) is 26.4. The lowest BCUT2D eigenvalue weighted by molar-refractivity contribution is -0.144. The molecule has 5 N–H and O–H groups in total. The Morgan fingerprint density at radius 1 is 1.16 bits per heavy atom. The third kappa shape index (κ3) is 7.33. The van der Waals surface area contributed by atoms with E-state index in [1.54, 1.807) is 20.8 Å². The molecule has 0 bridgehead atoms. The molecule has 43 heavy (non-hydrogen) atoms. The monoisotopic (exact) mass is 630 g/mol. The van der Waals surface area contributed by atoms with Crippen molar-refractivity contribution < 1.29 is 43.1 Å². The van der Waals surface area contributed by atoms with Gasteiger partial charge in [0.2, 0.25) is 0 Å². The van der Waals surface area contributed by atoms with Crippen LogP contribution in [-0.4, -0.2) is 92.4 Å². The Morgan fingerprint density at radius 3 is 2.19 bits per heavy atom. The fourth-order valence-corrected chi connectivity index (χ4v) is 6.82. The second-order valence-corrected chi connectivity index (χ2v) is 12.9. The number of nitrogens with zero attached hydrogens (tertiary/aromatic N) is 3. The highest BCUT2D eigenvalue weighted by Crippen LogP contribution is 2.45. The minimum Gasteiger partial charge on any atom is -0.468 e. The lowest BCUT2D eigenvalue weighted by Crippen LogP contribution is -2.49. The van der Waals surface area contributed by atoms with Crippen molar-refractivity contribution in [3.63, 3.8) is 0 Å². The first-order valence-electron chi connectivity index (χ1n) is 14.1. The van der Waals surface area contributed by atoms with Gasteiger partial charge >= 0.3 is 19.6 Å². The number of aromatic nitrogens is 4. The van der Waals surface area contributed by atoms with Gasteiger partial charge in [-0.1, -0.05) is 40.5 Å². The zero-order valence-corrected chi connectivity index (χ0v) is 26.6. The van der Waals surface area contributed by atoms with Gasteiger partial charge in [-0.15, -0.1) is 0 Å². The smallest absolute Gasteiger partial charge is 0.342 e. The van der Waals surface area contributed by atoms with Crippen LogP contribution in [0.15, 0.2) is 11.1 Å². The number of rotatable bonds is 14. The molecular formula is C26H43N6O10P. The van der Waals surface area contributed by atoms with E-state index >= 15 is 0 Å². The molecule has 2 aromatic heterocycles. The first-order chi connectivity index (χ1) is 20.1.